The van der Waals surface area contributed by atoms with Crippen LogP contribution in [0.15, 0.2) is 24.3 Å². The fraction of sp³-hybridized carbons (Fsp3) is 0.400. The molecule has 1 aliphatic heterocycles. The molecule has 1 aromatic carbocycles. The van der Waals surface area contributed by atoms with Crippen LogP contribution >= 0.6 is 23.2 Å². The first kappa shape index (κ1) is 15.4. The van der Waals surface area contributed by atoms with E-state index in [1.54, 1.807) is 29.2 Å². The molecule has 0 atom stereocenters. The van der Waals surface area contributed by atoms with Crippen LogP contribution in [-0.4, -0.2) is 34.6 Å². The van der Waals surface area contributed by atoms with Crippen molar-refractivity contribution in [3.63, 3.8) is 0 Å². The molecular formula is C15H17Cl2NO2. The molecule has 1 amide bonds. The Labute approximate surface area is 128 Å². The highest BCUT2D eigenvalue weighted by Gasteiger charge is 2.41. The molecule has 5 heteroatoms. The monoisotopic (exact) mass is 313 g/mol. The fourth-order valence-electron chi connectivity index (χ4n) is 2.36. The SMILES string of the molecule is CCCC1(O)CN(C(=O)C=Cc2cccc(Cl)c2Cl)C1. The Balaban J connectivity index is 1.96. The molecule has 1 N–H and O–H groups in total. The molecule has 108 valence electrons. The number of hydrogen-bond acceptors (Lipinski definition) is 2. The number of hydrogen-bond donors (Lipinski definition) is 1. The van der Waals surface area contributed by atoms with Gasteiger partial charge in [0, 0.05) is 6.08 Å². The van der Waals surface area contributed by atoms with Crippen LogP contribution in [0, 0.1) is 0 Å². The van der Waals surface area contributed by atoms with Crippen LogP contribution in [0.3, 0.4) is 0 Å². The molecule has 3 nitrogen and oxygen atoms in total. The van der Waals surface area contributed by atoms with Gasteiger partial charge >= 0.3 is 0 Å². The van der Waals surface area contributed by atoms with Crippen molar-refractivity contribution < 1.29 is 9.90 Å². The van der Waals surface area contributed by atoms with E-state index < -0.39 is 5.60 Å². The number of β-amino-alcohol motifs (C(OH)–C–C–N with tert-alkyl or cyclic N) is 1. The molecule has 1 heterocycles. The summed E-state index contributed by atoms with van der Waals surface area (Å²) in [5.41, 5.74) is 0.00300. The van der Waals surface area contributed by atoms with Crippen LogP contribution in [0.5, 0.6) is 0 Å². The Kier molecular flexibility index (Phi) is 4.74. The predicted molar refractivity (Wildman–Crippen MR) is 81.9 cm³/mol. The Hall–Kier alpha value is -1.03. The van der Waals surface area contributed by atoms with Crippen molar-refractivity contribution in [3.05, 3.63) is 39.9 Å². The minimum Gasteiger partial charge on any atom is -0.386 e. The number of rotatable bonds is 4. The van der Waals surface area contributed by atoms with Gasteiger partial charge in [0.05, 0.1) is 28.7 Å². The number of halogens is 2. The minimum absolute atomic E-state index is 0.123. The molecule has 1 aliphatic rings. The lowest BCUT2D eigenvalue weighted by molar-refractivity contribution is -0.151. The maximum Gasteiger partial charge on any atom is 0.246 e. The lowest BCUT2D eigenvalue weighted by Gasteiger charge is -2.46. The number of likely N-dealkylation sites (tertiary alicyclic amines) is 1. The molecule has 0 aromatic heterocycles. The largest absolute Gasteiger partial charge is 0.386 e. The summed E-state index contributed by atoms with van der Waals surface area (Å²) in [6.07, 6.45) is 4.74. The van der Waals surface area contributed by atoms with E-state index in [1.165, 1.54) is 6.08 Å². The maximum absolute atomic E-state index is 11.9. The highest BCUT2D eigenvalue weighted by molar-refractivity contribution is 6.42. The fourth-order valence-corrected chi connectivity index (χ4v) is 2.73. The van der Waals surface area contributed by atoms with E-state index in [0.29, 0.717) is 28.7 Å². The first-order valence-corrected chi connectivity index (χ1v) is 7.34. The molecule has 1 saturated heterocycles. The van der Waals surface area contributed by atoms with Crippen LogP contribution < -0.4 is 0 Å². The quantitative estimate of drug-likeness (QED) is 0.866. The van der Waals surface area contributed by atoms with Gasteiger partial charge in [0.25, 0.3) is 0 Å². The zero-order chi connectivity index (χ0) is 14.8. The topological polar surface area (TPSA) is 40.5 Å². The average Bonchev–Trinajstić information content (AvgIpc) is 2.37. The highest BCUT2D eigenvalue weighted by atomic mass is 35.5. The zero-order valence-electron chi connectivity index (χ0n) is 11.3. The van der Waals surface area contributed by atoms with E-state index in [9.17, 15) is 9.90 Å². The molecule has 0 unspecified atom stereocenters. The predicted octanol–water partition coefficient (Wildman–Crippen LogP) is 3.38. The molecule has 1 aromatic rings. The number of amides is 1. The second-order valence-corrected chi connectivity index (χ2v) is 5.93. The second kappa shape index (κ2) is 6.17. The molecule has 0 spiro atoms. The lowest BCUT2D eigenvalue weighted by Crippen LogP contribution is -2.63. The summed E-state index contributed by atoms with van der Waals surface area (Å²) in [7, 11) is 0. The standard InChI is InChI=1S/C15H17Cl2NO2/c1-2-8-15(20)9-18(10-15)13(19)7-6-11-4-3-5-12(16)14(11)17/h3-7,20H,2,8-10H2,1H3. The number of benzene rings is 1. The third kappa shape index (κ3) is 3.35. The first-order chi connectivity index (χ1) is 9.45. The Morgan fingerprint density at radius 1 is 1.45 bits per heavy atom. The Morgan fingerprint density at radius 2 is 2.15 bits per heavy atom. The molecule has 0 bridgehead atoms. The van der Waals surface area contributed by atoms with Gasteiger partial charge in [-0.25, -0.2) is 0 Å². The average molecular weight is 314 g/mol. The van der Waals surface area contributed by atoms with Gasteiger partial charge in [-0.15, -0.1) is 0 Å². The number of aliphatic hydroxyl groups is 1. The van der Waals surface area contributed by atoms with Crippen LogP contribution in [-0.2, 0) is 4.79 Å². The van der Waals surface area contributed by atoms with Crippen molar-refractivity contribution in [2.75, 3.05) is 13.1 Å². The van der Waals surface area contributed by atoms with Crippen molar-refractivity contribution in [2.24, 2.45) is 0 Å². The van der Waals surface area contributed by atoms with E-state index in [-0.39, 0.29) is 5.91 Å². The van der Waals surface area contributed by atoms with Crippen molar-refractivity contribution in [2.45, 2.75) is 25.4 Å². The van der Waals surface area contributed by atoms with E-state index in [0.717, 1.165) is 12.8 Å². The zero-order valence-corrected chi connectivity index (χ0v) is 12.8. The smallest absolute Gasteiger partial charge is 0.246 e. The van der Waals surface area contributed by atoms with E-state index in [1.807, 2.05) is 6.92 Å². The van der Waals surface area contributed by atoms with E-state index in [4.69, 9.17) is 23.2 Å². The van der Waals surface area contributed by atoms with Gasteiger partial charge in [-0.3, -0.25) is 4.79 Å². The second-order valence-electron chi connectivity index (χ2n) is 5.15. The normalized spacial score (nSPS) is 17.3. The highest BCUT2D eigenvalue weighted by Crippen LogP contribution is 2.28. The van der Waals surface area contributed by atoms with Crippen LogP contribution in [0.4, 0.5) is 0 Å². The van der Waals surface area contributed by atoms with Gasteiger partial charge in [0.1, 0.15) is 0 Å². The van der Waals surface area contributed by atoms with Gasteiger partial charge in [0.2, 0.25) is 5.91 Å². The molecule has 0 saturated carbocycles. The van der Waals surface area contributed by atoms with Crippen molar-refractivity contribution in [3.8, 4) is 0 Å². The molecule has 2 rings (SSSR count). The van der Waals surface area contributed by atoms with E-state index >= 15 is 0 Å². The molecule has 0 radical (unpaired) electrons. The Bertz CT molecular complexity index is 537. The molecular weight excluding hydrogens is 297 g/mol. The molecule has 20 heavy (non-hydrogen) atoms. The lowest BCUT2D eigenvalue weighted by atomic mass is 9.89. The number of carbonyl (C=O) groups excluding carboxylic acids is 1. The van der Waals surface area contributed by atoms with Gasteiger partial charge in [-0.05, 0) is 24.1 Å². The van der Waals surface area contributed by atoms with Crippen molar-refractivity contribution in [1.29, 1.82) is 0 Å². The summed E-state index contributed by atoms with van der Waals surface area (Å²) >= 11 is 12.0. The van der Waals surface area contributed by atoms with Gasteiger partial charge < -0.3 is 10.0 Å². The third-order valence-corrected chi connectivity index (χ3v) is 4.22. The molecule has 1 fully saturated rings. The summed E-state index contributed by atoms with van der Waals surface area (Å²) in [5, 5.41) is 10.9. The minimum atomic E-state index is -0.702. The summed E-state index contributed by atoms with van der Waals surface area (Å²) in [6.45, 7) is 2.81. The maximum atomic E-state index is 11.9. The summed E-state index contributed by atoms with van der Waals surface area (Å²) in [6, 6.07) is 5.27. The summed E-state index contributed by atoms with van der Waals surface area (Å²) in [5.74, 6) is -0.123. The van der Waals surface area contributed by atoms with Crippen molar-refractivity contribution >= 4 is 35.2 Å². The number of nitrogens with zero attached hydrogens (tertiary/aromatic N) is 1. The summed E-state index contributed by atoms with van der Waals surface area (Å²) in [4.78, 5) is 13.6. The first-order valence-electron chi connectivity index (χ1n) is 6.58. The van der Waals surface area contributed by atoms with Crippen molar-refractivity contribution in [1.82, 2.24) is 4.90 Å². The van der Waals surface area contributed by atoms with Gasteiger partial charge in [-0.2, -0.15) is 0 Å². The summed E-state index contributed by atoms with van der Waals surface area (Å²) < 4.78 is 0. The van der Waals surface area contributed by atoms with Gasteiger partial charge in [0.15, 0.2) is 0 Å². The Morgan fingerprint density at radius 3 is 2.80 bits per heavy atom. The van der Waals surface area contributed by atoms with Crippen LogP contribution in [0.2, 0.25) is 10.0 Å². The molecule has 0 aliphatic carbocycles. The number of carbonyl (C=O) groups is 1. The van der Waals surface area contributed by atoms with Crippen LogP contribution in [0.1, 0.15) is 25.3 Å². The van der Waals surface area contributed by atoms with Crippen LogP contribution in [0.25, 0.3) is 6.08 Å². The van der Waals surface area contributed by atoms with Gasteiger partial charge in [-0.1, -0.05) is 48.7 Å². The van der Waals surface area contributed by atoms with E-state index in [2.05, 4.69) is 0 Å². The third-order valence-electron chi connectivity index (χ3n) is 3.38.